The van der Waals surface area contributed by atoms with Crippen molar-refractivity contribution in [2.24, 2.45) is 28.5 Å². The van der Waals surface area contributed by atoms with Crippen molar-refractivity contribution in [2.45, 2.75) is 64.8 Å². The zero-order valence-electron chi connectivity index (χ0n) is 25.6. The number of likely N-dealkylation sites (tertiary alicyclic amines) is 1. The molecule has 1 aliphatic rings. The van der Waals surface area contributed by atoms with E-state index in [9.17, 15) is 19.5 Å². The molecule has 1 fully saturated rings. The van der Waals surface area contributed by atoms with Crippen molar-refractivity contribution in [3.8, 4) is 11.1 Å². The fourth-order valence-electron chi connectivity index (χ4n) is 4.89. The monoisotopic (exact) mass is 597 g/mol. The van der Waals surface area contributed by atoms with Crippen LogP contribution in [0.1, 0.15) is 39.7 Å². The first-order chi connectivity index (χ1) is 20.3. The van der Waals surface area contributed by atoms with Gasteiger partial charge in [-0.05, 0) is 42.5 Å². The number of allylic oxidation sites excluding steroid dienone is 1. The molecule has 3 rings (SSSR count). The Hall–Kier alpha value is -4.26. The summed E-state index contributed by atoms with van der Waals surface area (Å²) < 4.78 is 0. The minimum Gasteiger partial charge on any atom is -0.395 e. The van der Waals surface area contributed by atoms with Gasteiger partial charge in [0.2, 0.25) is 18.2 Å². The highest BCUT2D eigenvalue weighted by Gasteiger charge is 2.45. The summed E-state index contributed by atoms with van der Waals surface area (Å²) in [5, 5.41) is 14.5. The van der Waals surface area contributed by atoms with Crippen LogP contribution in [0.15, 0.2) is 66.5 Å². The van der Waals surface area contributed by atoms with Gasteiger partial charge in [-0.15, -0.1) is 0 Å². The van der Waals surface area contributed by atoms with Gasteiger partial charge in [0, 0.05) is 25.2 Å². The normalized spacial score (nSPS) is 17.7. The number of carbonyl (C=O) groups is 4. The Balaban J connectivity index is 0.00000174. The number of β-amino-alcohol motifs (C(OH)–C–C–N with tert-alkyl or cyclic N) is 1. The van der Waals surface area contributed by atoms with Crippen LogP contribution >= 0.6 is 0 Å². The molecule has 0 saturated carbocycles. The summed E-state index contributed by atoms with van der Waals surface area (Å²) in [5.74, 6) is 5.38. The second-order valence-electron chi connectivity index (χ2n) is 11.2. The average Bonchev–Trinajstić information content (AvgIpc) is 3.36. The van der Waals surface area contributed by atoms with Crippen LogP contribution < -0.4 is 28.4 Å². The first-order valence-corrected chi connectivity index (χ1v) is 13.9. The molecule has 1 unspecified atom stereocenters. The lowest BCUT2D eigenvalue weighted by molar-refractivity contribution is -0.145. The Kier molecular flexibility index (Phi) is 15.1. The van der Waals surface area contributed by atoms with E-state index < -0.39 is 29.5 Å². The van der Waals surface area contributed by atoms with E-state index in [0.717, 1.165) is 21.7 Å². The van der Waals surface area contributed by atoms with Crippen LogP contribution in [-0.2, 0) is 25.6 Å². The second kappa shape index (κ2) is 17.6. The molecule has 236 valence electrons. The number of rotatable bonds is 9. The van der Waals surface area contributed by atoms with Crippen LogP contribution in [0, 0.1) is 5.41 Å². The number of aldehydes is 1. The van der Waals surface area contributed by atoms with Crippen molar-refractivity contribution in [3.05, 3.63) is 72.1 Å². The molecule has 2 aromatic rings. The Morgan fingerprint density at radius 1 is 1.07 bits per heavy atom. The van der Waals surface area contributed by atoms with E-state index >= 15 is 0 Å². The number of hydrogen-bond donors (Lipinski definition) is 6. The van der Waals surface area contributed by atoms with Gasteiger partial charge in [-0.2, -0.15) is 0 Å². The molecule has 1 aliphatic heterocycles. The van der Waals surface area contributed by atoms with Crippen LogP contribution in [0.4, 0.5) is 0 Å². The lowest BCUT2D eigenvalue weighted by atomic mass is 9.85. The zero-order chi connectivity index (χ0) is 32.7. The number of hydrogen-bond acceptors (Lipinski definition) is 9. The summed E-state index contributed by atoms with van der Waals surface area (Å²) >= 11 is 0. The van der Waals surface area contributed by atoms with Gasteiger partial charge in [0.15, 0.2) is 6.29 Å². The molecule has 4 atom stereocenters. The van der Waals surface area contributed by atoms with E-state index in [1.54, 1.807) is 0 Å². The molecule has 10 N–H and O–H groups in total. The van der Waals surface area contributed by atoms with Crippen molar-refractivity contribution >= 4 is 24.5 Å². The molecule has 43 heavy (non-hydrogen) atoms. The molecule has 0 bridgehead atoms. The minimum absolute atomic E-state index is 0.0134. The van der Waals surface area contributed by atoms with Crippen LogP contribution in [0.5, 0.6) is 0 Å². The van der Waals surface area contributed by atoms with E-state index in [2.05, 4.69) is 41.0 Å². The standard InChI is InChI=1S/C29H39N5O4.CH3NO.CH5N/c1-19(14-20-10-12-22(13-11-20)21-8-6-5-7-9-21)32-27(37)25-15-24(36)17-33(25)28(38)26(29(2,3)4)34(31)16-23(30)18-35;2-1-3;1-2/h5-13,16,18-19,24-26,36H,14-15,17,30-31H2,1-4H3,(H,32,37);1H,(H2,2,3);2H2,1H3/b23-16-;;/t19-,24+,25-,26?;;/m0../s1. The van der Waals surface area contributed by atoms with Gasteiger partial charge in [-0.25, -0.2) is 5.84 Å². The van der Waals surface area contributed by atoms with E-state index in [1.807, 2.05) is 58.0 Å². The number of nitrogens with zero attached hydrogens (tertiary/aromatic N) is 2. The fraction of sp³-hybridized carbons (Fsp3) is 0.419. The molecular weight excluding hydrogens is 550 g/mol. The first kappa shape index (κ1) is 36.8. The number of amides is 3. The van der Waals surface area contributed by atoms with Gasteiger partial charge in [-0.1, -0.05) is 75.4 Å². The Morgan fingerprint density at radius 3 is 2.12 bits per heavy atom. The first-order valence-electron chi connectivity index (χ1n) is 13.9. The molecule has 3 amide bonds. The molecule has 1 saturated heterocycles. The topological polar surface area (TPSA) is 211 Å². The maximum absolute atomic E-state index is 13.6. The molecule has 12 nitrogen and oxygen atoms in total. The maximum atomic E-state index is 13.6. The van der Waals surface area contributed by atoms with Crippen LogP contribution in [-0.4, -0.2) is 77.3 Å². The Morgan fingerprint density at radius 2 is 1.60 bits per heavy atom. The fourth-order valence-corrected chi connectivity index (χ4v) is 4.89. The van der Waals surface area contributed by atoms with Gasteiger partial charge >= 0.3 is 0 Å². The lowest BCUT2D eigenvalue weighted by Crippen LogP contribution is -2.58. The largest absolute Gasteiger partial charge is 0.395 e. The third-order valence-electron chi connectivity index (χ3n) is 6.64. The van der Waals surface area contributed by atoms with E-state index in [1.165, 1.54) is 18.1 Å². The zero-order valence-corrected chi connectivity index (χ0v) is 25.6. The lowest BCUT2D eigenvalue weighted by Gasteiger charge is -2.39. The maximum Gasteiger partial charge on any atom is 0.248 e. The summed E-state index contributed by atoms with van der Waals surface area (Å²) in [5.41, 5.74) is 16.8. The van der Waals surface area contributed by atoms with Gasteiger partial charge in [-0.3, -0.25) is 19.2 Å². The summed E-state index contributed by atoms with van der Waals surface area (Å²) in [4.78, 5) is 47.9. The van der Waals surface area contributed by atoms with Gasteiger partial charge in [0.05, 0.1) is 11.8 Å². The molecule has 2 aromatic carbocycles. The molecule has 0 radical (unpaired) electrons. The third kappa shape index (κ3) is 11.2. The quantitative estimate of drug-likeness (QED) is 0.103. The van der Waals surface area contributed by atoms with E-state index in [4.69, 9.17) is 16.4 Å². The van der Waals surface area contributed by atoms with Crippen LogP contribution in [0.25, 0.3) is 11.1 Å². The van der Waals surface area contributed by atoms with Crippen molar-refractivity contribution in [3.63, 3.8) is 0 Å². The highest BCUT2D eigenvalue weighted by molar-refractivity contribution is 5.91. The number of aliphatic hydroxyl groups is 1. The number of primary amides is 1. The second-order valence-corrected chi connectivity index (χ2v) is 11.2. The molecule has 1 heterocycles. The van der Waals surface area contributed by atoms with E-state index in [-0.39, 0.29) is 37.0 Å². The number of aliphatic hydroxyl groups excluding tert-OH is 1. The predicted molar refractivity (Wildman–Crippen MR) is 167 cm³/mol. The molecule has 0 aliphatic carbocycles. The predicted octanol–water partition coefficient (Wildman–Crippen LogP) is 0.628. The average molecular weight is 598 g/mol. The summed E-state index contributed by atoms with van der Waals surface area (Å²) in [7, 11) is 1.50. The van der Waals surface area contributed by atoms with Gasteiger partial charge in [0.1, 0.15) is 12.1 Å². The number of nitrogens with one attached hydrogen (secondary N) is 1. The molecule has 12 heteroatoms. The third-order valence-corrected chi connectivity index (χ3v) is 6.64. The summed E-state index contributed by atoms with van der Waals surface area (Å²) in [6.07, 6.45) is 1.80. The van der Waals surface area contributed by atoms with Gasteiger partial charge < -0.3 is 37.5 Å². The molecule has 0 spiro atoms. The van der Waals surface area contributed by atoms with Crippen LogP contribution in [0.2, 0.25) is 0 Å². The molecule has 0 aromatic heterocycles. The van der Waals surface area contributed by atoms with Crippen LogP contribution in [0.3, 0.4) is 0 Å². The summed E-state index contributed by atoms with van der Waals surface area (Å²) in [6, 6.07) is 16.4. The number of benzene rings is 2. The van der Waals surface area contributed by atoms with Crippen molar-refractivity contribution in [1.82, 2.24) is 15.2 Å². The summed E-state index contributed by atoms with van der Waals surface area (Å²) in [6.45, 7) is 7.40. The number of nitrogens with two attached hydrogens (primary N) is 4. The highest BCUT2D eigenvalue weighted by atomic mass is 16.3. The van der Waals surface area contributed by atoms with E-state index in [0.29, 0.717) is 12.7 Å². The van der Waals surface area contributed by atoms with Crippen molar-refractivity contribution < 1.29 is 24.3 Å². The number of carbonyl (C=O) groups excluding carboxylic acids is 4. The minimum atomic E-state index is -0.915. The van der Waals surface area contributed by atoms with Crippen molar-refractivity contribution in [1.29, 1.82) is 0 Å². The van der Waals surface area contributed by atoms with Gasteiger partial charge in [0.25, 0.3) is 0 Å². The smallest absolute Gasteiger partial charge is 0.248 e. The SMILES string of the molecule is CN.C[C@@H](Cc1ccc(-c2ccccc2)cc1)NC(=O)[C@@H]1C[C@@H](O)CN1C(=O)C(N(N)/C=C(\N)C=O)C(C)(C)C.NC=O. The van der Waals surface area contributed by atoms with Crippen molar-refractivity contribution in [2.75, 3.05) is 13.6 Å². The molecular formula is C31H47N7O5. The Bertz CT molecular complexity index is 1200. The Labute approximate surface area is 254 Å². The highest BCUT2D eigenvalue weighted by Crippen LogP contribution is 2.29. The number of hydrazine groups is 1.